The SMILES string of the molecule is CCn1cc(-c2cc(C(=O)NCCCOC(C)C)c3ccccc3n2)c(C)n1. The average Bonchev–Trinajstić information content (AvgIpc) is 3.07. The number of nitrogens with one attached hydrogen (secondary N) is 1. The normalized spacial score (nSPS) is 11.3. The molecule has 0 aliphatic heterocycles. The van der Waals surface area contributed by atoms with Gasteiger partial charge in [0.2, 0.25) is 0 Å². The zero-order valence-electron chi connectivity index (χ0n) is 17.0. The van der Waals surface area contributed by atoms with Gasteiger partial charge < -0.3 is 10.1 Å². The van der Waals surface area contributed by atoms with Gasteiger partial charge >= 0.3 is 0 Å². The Kier molecular flexibility index (Phi) is 6.41. The monoisotopic (exact) mass is 380 g/mol. The lowest BCUT2D eigenvalue weighted by atomic mass is 10.0. The van der Waals surface area contributed by atoms with Gasteiger partial charge in [-0.15, -0.1) is 0 Å². The molecule has 1 amide bonds. The maximum Gasteiger partial charge on any atom is 0.252 e. The highest BCUT2D eigenvalue weighted by molar-refractivity contribution is 6.07. The minimum absolute atomic E-state index is 0.0927. The fraction of sp³-hybridized carbons (Fsp3) is 0.409. The number of amides is 1. The van der Waals surface area contributed by atoms with Crippen LogP contribution in [-0.4, -0.2) is 39.9 Å². The van der Waals surface area contributed by atoms with Crippen molar-refractivity contribution >= 4 is 16.8 Å². The Morgan fingerprint density at radius 3 is 2.79 bits per heavy atom. The molecule has 0 bridgehead atoms. The molecule has 3 rings (SSSR count). The quantitative estimate of drug-likeness (QED) is 0.600. The van der Waals surface area contributed by atoms with Gasteiger partial charge in [0.15, 0.2) is 0 Å². The minimum Gasteiger partial charge on any atom is -0.379 e. The van der Waals surface area contributed by atoms with Gasteiger partial charge in [0.25, 0.3) is 5.91 Å². The van der Waals surface area contributed by atoms with Gasteiger partial charge in [-0.25, -0.2) is 4.98 Å². The molecule has 0 radical (unpaired) electrons. The lowest BCUT2D eigenvalue weighted by Gasteiger charge is -2.11. The van der Waals surface area contributed by atoms with Crippen LogP contribution in [0.5, 0.6) is 0 Å². The fourth-order valence-corrected chi connectivity index (χ4v) is 3.12. The van der Waals surface area contributed by atoms with E-state index >= 15 is 0 Å². The fourth-order valence-electron chi connectivity index (χ4n) is 3.12. The van der Waals surface area contributed by atoms with Crippen molar-refractivity contribution in [3.63, 3.8) is 0 Å². The van der Waals surface area contributed by atoms with Crippen molar-refractivity contribution in [3.8, 4) is 11.3 Å². The first kappa shape index (κ1) is 20.0. The summed E-state index contributed by atoms with van der Waals surface area (Å²) in [4.78, 5) is 17.7. The number of carbonyl (C=O) groups is 1. The van der Waals surface area contributed by atoms with Crippen molar-refractivity contribution in [1.29, 1.82) is 0 Å². The van der Waals surface area contributed by atoms with Crippen molar-refractivity contribution in [2.45, 2.75) is 46.8 Å². The second kappa shape index (κ2) is 8.97. The average molecular weight is 380 g/mol. The predicted octanol–water partition coefficient (Wildman–Crippen LogP) is 3.97. The molecule has 3 aromatic rings. The van der Waals surface area contributed by atoms with Gasteiger partial charge in [0, 0.05) is 36.8 Å². The summed E-state index contributed by atoms with van der Waals surface area (Å²) < 4.78 is 7.42. The highest BCUT2D eigenvalue weighted by Gasteiger charge is 2.16. The highest BCUT2D eigenvalue weighted by Crippen LogP contribution is 2.26. The Bertz CT molecular complexity index is 962. The van der Waals surface area contributed by atoms with Crippen molar-refractivity contribution in [2.24, 2.45) is 0 Å². The van der Waals surface area contributed by atoms with Crippen LogP contribution >= 0.6 is 0 Å². The third-order valence-corrected chi connectivity index (χ3v) is 4.56. The van der Waals surface area contributed by atoms with E-state index in [0.29, 0.717) is 18.7 Å². The largest absolute Gasteiger partial charge is 0.379 e. The van der Waals surface area contributed by atoms with E-state index in [1.165, 1.54) is 0 Å². The maximum atomic E-state index is 12.9. The zero-order chi connectivity index (χ0) is 20.1. The van der Waals surface area contributed by atoms with E-state index in [0.717, 1.165) is 40.8 Å². The van der Waals surface area contributed by atoms with E-state index in [-0.39, 0.29) is 12.0 Å². The lowest BCUT2D eigenvalue weighted by Crippen LogP contribution is -2.26. The van der Waals surface area contributed by atoms with E-state index in [2.05, 4.69) is 10.4 Å². The summed E-state index contributed by atoms with van der Waals surface area (Å²) in [5.41, 5.74) is 4.06. The molecule has 0 atom stereocenters. The Balaban J connectivity index is 1.88. The molecule has 2 heterocycles. The van der Waals surface area contributed by atoms with Gasteiger partial charge in [-0.2, -0.15) is 5.10 Å². The number of benzene rings is 1. The predicted molar refractivity (Wildman–Crippen MR) is 111 cm³/mol. The molecular weight excluding hydrogens is 352 g/mol. The van der Waals surface area contributed by atoms with Gasteiger partial charge in [-0.05, 0) is 46.2 Å². The number of para-hydroxylation sites is 1. The van der Waals surface area contributed by atoms with E-state index in [1.54, 1.807) is 0 Å². The summed E-state index contributed by atoms with van der Waals surface area (Å²) in [6.07, 6.45) is 2.97. The van der Waals surface area contributed by atoms with E-state index in [1.807, 2.05) is 68.9 Å². The second-order valence-electron chi connectivity index (χ2n) is 7.09. The van der Waals surface area contributed by atoms with Crippen LogP contribution in [0.4, 0.5) is 0 Å². The summed E-state index contributed by atoms with van der Waals surface area (Å²) in [6, 6.07) is 9.60. The first-order chi connectivity index (χ1) is 13.5. The van der Waals surface area contributed by atoms with Crippen molar-refractivity contribution in [3.05, 3.63) is 47.8 Å². The molecule has 1 N–H and O–H groups in total. The Morgan fingerprint density at radius 1 is 1.29 bits per heavy atom. The number of nitrogens with zero attached hydrogens (tertiary/aromatic N) is 3. The van der Waals surface area contributed by atoms with E-state index < -0.39 is 0 Å². The van der Waals surface area contributed by atoms with Gasteiger partial charge in [0.05, 0.1) is 28.6 Å². The van der Waals surface area contributed by atoms with Crippen LogP contribution in [0.25, 0.3) is 22.2 Å². The molecule has 1 aromatic carbocycles. The number of fused-ring (bicyclic) bond motifs is 1. The summed E-state index contributed by atoms with van der Waals surface area (Å²) in [6.45, 7) is 10.0. The number of carbonyl (C=O) groups excluding carboxylic acids is 1. The van der Waals surface area contributed by atoms with Gasteiger partial charge in [-0.3, -0.25) is 9.48 Å². The standard InChI is InChI=1S/C22H28N4O2/c1-5-26-14-19(16(4)25-26)21-13-18(17-9-6-7-10-20(17)24-21)22(27)23-11-8-12-28-15(2)3/h6-7,9-10,13-15H,5,8,11-12H2,1-4H3,(H,23,27). The molecular formula is C22H28N4O2. The van der Waals surface area contributed by atoms with Gasteiger partial charge in [0.1, 0.15) is 0 Å². The molecule has 0 fully saturated rings. The number of hydrogen-bond donors (Lipinski definition) is 1. The summed E-state index contributed by atoms with van der Waals surface area (Å²) in [5.74, 6) is -0.0927. The number of hydrogen-bond acceptors (Lipinski definition) is 4. The number of rotatable bonds is 8. The van der Waals surface area contributed by atoms with Crippen LogP contribution in [0.2, 0.25) is 0 Å². The maximum absolute atomic E-state index is 12.9. The van der Waals surface area contributed by atoms with Crippen LogP contribution in [0.15, 0.2) is 36.5 Å². The zero-order valence-corrected chi connectivity index (χ0v) is 17.0. The summed E-state index contributed by atoms with van der Waals surface area (Å²) in [7, 11) is 0. The van der Waals surface area contributed by atoms with Crippen molar-refractivity contribution in [1.82, 2.24) is 20.1 Å². The first-order valence-electron chi connectivity index (χ1n) is 9.83. The van der Waals surface area contributed by atoms with Crippen molar-refractivity contribution in [2.75, 3.05) is 13.2 Å². The molecule has 2 aromatic heterocycles. The lowest BCUT2D eigenvalue weighted by molar-refractivity contribution is 0.0757. The molecule has 28 heavy (non-hydrogen) atoms. The van der Waals surface area contributed by atoms with Crippen LogP contribution in [0, 0.1) is 6.92 Å². The van der Waals surface area contributed by atoms with Crippen LogP contribution in [-0.2, 0) is 11.3 Å². The molecule has 0 spiro atoms. The number of aryl methyl sites for hydroxylation is 2. The van der Waals surface area contributed by atoms with Crippen LogP contribution in [0.3, 0.4) is 0 Å². The highest BCUT2D eigenvalue weighted by atomic mass is 16.5. The molecule has 6 nitrogen and oxygen atoms in total. The molecule has 0 saturated heterocycles. The van der Waals surface area contributed by atoms with Gasteiger partial charge in [-0.1, -0.05) is 18.2 Å². The minimum atomic E-state index is -0.0927. The third-order valence-electron chi connectivity index (χ3n) is 4.56. The molecule has 0 saturated carbocycles. The topological polar surface area (TPSA) is 69.0 Å². The number of pyridine rings is 1. The Labute approximate surface area is 165 Å². The molecule has 0 aliphatic carbocycles. The van der Waals surface area contributed by atoms with Crippen LogP contribution in [0.1, 0.15) is 43.2 Å². The second-order valence-corrected chi connectivity index (χ2v) is 7.09. The summed E-state index contributed by atoms with van der Waals surface area (Å²) in [5, 5.41) is 8.36. The first-order valence-corrected chi connectivity index (χ1v) is 9.83. The number of ether oxygens (including phenoxy) is 1. The van der Waals surface area contributed by atoms with Crippen molar-refractivity contribution < 1.29 is 9.53 Å². The molecule has 0 aliphatic rings. The number of aromatic nitrogens is 3. The van der Waals surface area contributed by atoms with E-state index in [4.69, 9.17) is 9.72 Å². The third kappa shape index (κ3) is 4.57. The smallest absolute Gasteiger partial charge is 0.252 e. The molecule has 6 heteroatoms. The Hall–Kier alpha value is -2.73. The summed E-state index contributed by atoms with van der Waals surface area (Å²) >= 11 is 0. The molecule has 0 unspecified atom stereocenters. The molecule has 148 valence electrons. The van der Waals surface area contributed by atoms with E-state index in [9.17, 15) is 4.79 Å². The Morgan fingerprint density at radius 2 is 2.07 bits per heavy atom. The van der Waals surface area contributed by atoms with Crippen LogP contribution < -0.4 is 5.32 Å².